The van der Waals surface area contributed by atoms with Gasteiger partial charge in [0.25, 0.3) is 0 Å². The summed E-state index contributed by atoms with van der Waals surface area (Å²) in [6.45, 7) is 3.85. The predicted octanol–water partition coefficient (Wildman–Crippen LogP) is 1.59. The van der Waals surface area contributed by atoms with Gasteiger partial charge in [-0.15, -0.1) is 0 Å². The van der Waals surface area contributed by atoms with Crippen LogP contribution >= 0.6 is 0 Å². The Morgan fingerprint density at radius 3 is 2.90 bits per heavy atom. The smallest absolute Gasteiger partial charge is 0.146 e. The first kappa shape index (κ1) is 13.3. The summed E-state index contributed by atoms with van der Waals surface area (Å²) in [7, 11) is 0. The van der Waals surface area contributed by atoms with Crippen LogP contribution in [0.4, 0.5) is 5.82 Å². The van der Waals surface area contributed by atoms with Crippen LogP contribution < -0.4 is 4.90 Å². The standard InChI is InChI=1S/C15H19N3O2/c16-10-13-2-1-5-17-15(13)18-6-9-20-11-14(18)12-3-7-19-8-4-12/h1-2,5,12,14H,3-4,6-9,11H2. The van der Waals surface area contributed by atoms with Crippen molar-refractivity contribution in [1.29, 1.82) is 5.26 Å². The molecule has 0 amide bonds. The van der Waals surface area contributed by atoms with Crippen LogP contribution in [0.25, 0.3) is 0 Å². The summed E-state index contributed by atoms with van der Waals surface area (Å²) in [5.74, 6) is 1.35. The zero-order valence-electron chi connectivity index (χ0n) is 11.5. The Balaban J connectivity index is 1.86. The fourth-order valence-corrected chi connectivity index (χ4v) is 3.09. The van der Waals surface area contributed by atoms with Gasteiger partial charge >= 0.3 is 0 Å². The lowest BCUT2D eigenvalue weighted by Gasteiger charge is -2.42. The van der Waals surface area contributed by atoms with Gasteiger partial charge in [0.2, 0.25) is 0 Å². The molecule has 2 aliphatic heterocycles. The fraction of sp³-hybridized carbons (Fsp3) is 0.600. The molecule has 1 aromatic heterocycles. The van der Waals surface area contributed by atoms with E-state index in [1.807, 2.05) is 12.1 Å². The van der Waals surface area contributed by atoms with E-state index in [0.29, 0.717) is 30.7 Å². The third-order valence-electron chi connectivity index (χ3n) is 4.15. The van der Waals surface area contributed by atoms with Crippen LogP contribution in [0, 0.1) is 17.2 Å². The van der Waals surface area contributed by atoms with Crippen molar-refractivity contribution in [3.63, 3.8) is 0 Å². The quantitative estimate of drug-likeness (QED) is 0.819. The minimum absolute atomic E-state index is 0.301. The van der Waals surface area contributed by atoms with Crippen LogP contribution in [0.3, 0.4) is 0 Å². The van der Waals surface area contributed by atoms with Crippen LogP contribution in [-0.2, 0) is 9.47 Å². The molecule has 0 N–H and O–H groups in total. The van der Waals surface area contributed by atoms with E-state index in [1.165, 1.54) is 0 Å². The van der Waals surface area contributed by atoms with Gasteiger partial charge in [-0.2, -0.15) is 5.26 Å². The van der Waals surface area contributed by atoms with Gasteiger partial charge in [0.1, 0.15) is 11.9 Å². The van der Waals surface area contributed by atoms with Gasteiger partial charge in [0, 0.05) is 26.0 Å². The first-order chi connectivity index (χ1) is 9.90. The second-order valence-corrected chi connectivity index (χ2v) is 5.27. The number of anilines is 1. The van der Waals surface area contributed by atoms with Gasteiger partial charge in [-0.05, 0) is 30.9 Å². The van der Waals surface area contributed by atoms with E-state index < -0.39 is 0 Å². The highest BCUT2D eigenvalue weighted by molar-refractivity contribution is 5.54. The van der Waals surface area contributed by atoms with Crippen molar-refractivity contribution in [1.82, 2.24) is 4.98 Å². The number of morpholine rings is 1. The summed E-state index contributed by atoms with van der Waals surface area (Å²) in [5, 5.41) is 9.28. The molecule has 1 atom stereocenters. The molecule has 0 aromatic carbocycles. The van der Waals surface area contributed by atoms with E-state index in [2.05, 4.69) is 16.0 Å². The van der Waals surface area contributed by atoms with Crippen LogP contribution in [0.15, 0.2) is 18.3 Å². The van der Waals surface area contributed by atoms with E-state index in [0.717, 1.165) is 38.4 Å². The van der Waals surface area contributed by atoms with Gasteiger partial charge in [-0.1, -0.05) is 0 Å². The molecule has 2 aliphatic rings. The summed E-state index contributed by atoms with van der Waals surface area (Å²) < 4.78 is 11.1. The molecule has 3 rings (SSSR count). The maximum absolute atomic E-state index is 9.28. The highest BCUT2D eigenvalue weighted by atomic mass is 16.5. The number of ether oxygens (including phenoxy) is 2. The summed E-state index contributed by atoms with van der Waals surface area (Å²) in [6, 6.07) is 6.19. The monoisotopic (exact) mass is 273 g/mol. The van der Waals surface area contributed by atoms with Gasteiger partial charge < -0.3 is 14.4 Å². The first-order valence-corrected chi connectivity index (χ1v) is 7.17. The van der Waals surface area contributed by atoms with Crippen molar-refractivity contribution >= 4 is 5.82 Å². The lowest BCUT2D eigenvalue weighted by Crippen LogP contribution is -2.51. The SMILES string of the molecule is N#Cc1cccnc1N1CCOCC1C1CCOCC1. The minimum atomic E-state index is 0.301. The molecule has 0 aliphatic carbocycles. The second kappa shape index (κ2) is 6.21. The minimum Gasteiger partial charge on any atom is -0.381 e. The Hall–Kier alpha value is -1.64. The van der Waals surface area contributed by atoms with Crippen LogP contribution in [0.5, 0.6) is 0 Å². The summed E-state index contributed by atoms with van der Waals surface area (Å²) in [4.78, 5) is 6.70. The Morgan fingerprint density at radius 1 is 1.25 bits per heavy atom. The molecule has 0 bridgehead atoms. The first-order valence-electron chi connectivity index (χ1n) is 7.17. The van der Waals surface area contributed by atoms with Crippen molar-refractivity contribution in [3.05, 3.63) is 23.9 Å². The molecule has 3 heterocycles. The number of rotatable bonds is 2. The van der Waals surface area contributed by atoms with Gasteiger partial charge in [-0.25, -0.2) is 4.98 Å². The van der Waals surface area contributed by atoms with E-state index >= 15 is 0 Å². The Kier molecular flexibility index (Phi) is 4.14. The van der Waals surface area contributed by atoms with Crippen LogP contribution in [-0.4, -0.2) is 44.0 Å². The average Bonchev–Trinajstić information content (AvgIpc) is 2.55. The molecule has 5 nitrogen and oxygen atoms in total. The van der Waals surface area contributed by atoms with Crippen LogP contribution in [0.1, 0.15) is 18.4 Å². The van der Waals surface area contributed by atoms with E-state index in [1.54, 1.807) is 6.20 Å². The van der Waals surface area contributed by atoms with Gasteiger partial charge in [0.15, 0.2) is 0 Å². The van der Waals surface area contributed by atoms with Crippen molar-refractivity contribution in [3.8, 4) is 6.07 Å². The molecular weight excluding hydrogens is 254 g/mol. The Morgan fingerprint density at radius 2 is 2.10 bits per heavy atom. The van der Waals surface area contributed by atoms with Gasteiger partial charge in [-0.3, -0.25) is 0 Å². The molecule has 2 fully saturated rings. The third-order valence-corrected chi connectivity index (χ3v) is 4.15. The predicted molar refractivity (Wildman–Crippen MR) is 74.4 cm³/mol. The Bertz CT molecular complexity index is 494. The summed E-state index contributed by atoms with van der Waals surface area (Å²) in [5.41, 5.74) is 0.645. The number of nitrogens with zero attached hydrogens (tertiary/aromatic N) is 3. The number of hydrogen-bond donors (Lipinski definition) is 0. The molecule has 1 aromatic rings. The topological polar surface area (TPSA) is 58.4 Å². The van der Waals surface area contributed by atoms with Crippen molar-refractivity contribution in [2.24, 2.45) is 5.92 Å². The van der Waals surface area contributed by atoms with E-state index in [4.69, 9.17) is 9.47 Å². The number of hydrogen-bond acceptors (Lipinski definition) is 5. The van der Waals surface area contributed by atoms with Crippen molar-refractivity contribution < 1.29 is 9.47 Å². The molecule has 0 saturated carbocycles. The zero-order valence-corrected chi connectivity index (χ0v) is 11.5. The fourth-order valence-electron chi connectivity index (χ4n) is 3.09. The summed E-state index contributed by atoms with van der Waals surface area (Å²) in [6.07, 6.45) is 3.87. The maximum atomic E-state index is 9.28. The molecule has 0 spiro atoms. The average molecular weight is 273 g/mol. The largest absolute Gasteiger partial charge is 0.381 e. The number of aromatic nitrogens is 1. The molecule has 5 heteroatoms. The maximum Gasteiger partial charge on any atom is 0.146 e. The molecular formula is C15H19N3O2. The zero-order chi connectivity index (χ0) is 13.8. The molecule has 106 valence electrons. The third kappa shape index (κ3) is 2.62. The van der Waals surface area contributed by atoms with E-state index in [9.17, 15) is 5.26 Å². The molecule has 2 saturated heterocycles. The molecule has 20 heavy (non-hydrogen) atoms. The lowest BCUT2D eigenvalue weighted by molar-refractivity contribution is 0.0220. The normalized spacial score (nSPS) is 24.4. The highest BCUT2D eigenvalue weighted by Crippen LogP contribution is 2.29. The van der Waals surface area contributed by atoms with Crippen LogP contribution in [0.2, 0.25) is 0 Å². The second-order valence-electron chi connectivity index (χ2n) is 5.27. The molecule has 0 radical (unpaired) electrons. The van der Waals surface area contributed by atoms with Gasteiger partial charge in [0.05, 0.1) is 24.8 Å². The number of nitriles is 1. The summed E-state index contributed by atoms with van der Waals surface area (Å²) >= 11 is 0. The Labute approximate surface area is 119 Å². The van der Waals surface area contributed by atoms with Crippen molar-refractivity contribution in [2.45, 2.75) is 18.9 Å². The molecule has 1 unspecified atom stereocenters. The lowest BCUT2D eigenvalue weighted by atomic mass is 9.90. The van der Waals surface area contributed by atoms with Crippen molar-refractivity contribution in [2.75, 3.05) is 37.9 Å². The van der Waals surface area contributed by atoms with E-state index in [-0.39, 0.29) is 0 Å². The highest BCUT2D eigenvalue weighted by Gasteiger charge is 2.33. The number of pyridine rings is 1.